The second kappa shape index (κ2) is 11.7. The fraction of sp³-hybridized carbons (Fsp3) is 0.214. The lowest BCUT2D eigenvalue weighted by atomic mass is 9.95. The van der Waals surface area contributed by atoms with Gasteiger partial charge in [-0.2, -0.15) is 0 Å². The molecule has 0 radical (unpaired) electrons. The van der Waals surface area contributed by atoms with E-state index in [2.05, 4.69) is 11.6 Å². The van der Waals surface area contributed by atoms with E-state index >= 15 is 0 Å². The standard InChI is InChI=1S/C28H25ClN2O7S/c1-5-13-38-19-12-9-17(14-20(19)37-6-2)22-21(23(32)16-7-10-18(29)11-8-16)24(33)26(34)31(22)28-30-15(3)25(39-28)27(35)36-4/h5,7-12,14,22,32H,1,6,13H2,2-4H3. The molecular formula is C28H25ClN2O7S. The van der Waals surface area contributed by atoms with Crippen molar-refractivity contribution in [1.29, 1.82) is 0 Å². The fourth-order valence-corrected chi connectivity index (χ4v) is 5.24. The van der Waals surface area contributed by atoms with E-state index < -0.39 is 23.7 Å². The Morgan fingerprint density at radius 1 is 1.18 bits per heavy atom. The molecule has 0 aliphatic carbocycles. The number of anilines is 1. The first kappa shape index (κ1) is 27.9. The predicted octanol–water partition coefficient (Wildman–Crippen LogP) is 5.48. The van der Waals surface area contributed by atoms with Crippen LogP contribution in [0.4, 0.5) is 5.13 Å². The van der Waals surface area contributed by atoms with E-state index in [9.17, 15) is 19.5 Å². The van der Waals surface area contributed by atoms with Gasteiger partial charge in [-0.25, -0.2) is 9.78 Å². The lowest BCUT2D eigenvalue weighted by Gasteiger charge is -2.24. The van der Waals surface area contributed by atoms with Gasteiger partial charge in [-0.3, -0.25) is 14.5 Å². The van der Waals surface area contributed by atoms with Crippen molar-refractivity contribution < 1.29 is 33.7 Å². The number of hydrogen-bond donors (Lipinski definition) is 1. The van der Waals surface area contributed by atoms with Crippen LogP contribution in [0.1, 0.15) is 39.5 Å². The highest BCUT2D eigenvalue weighted by Gasteiger charge is 2.48. The molecule has 0 bridgehead atoms. The summed E-state index contributed by atoms with van der Waals surface area (Å²) in [4.78, 5) is 44.9. The Labute approximate surface area is 233 Å². The largest absolute Gasteiger partial charge is 0.507 e. The number of Topliss-reactive ketones (excluding diaryl/α,β-unsaturated/α-hetero) is 1. The van der Waals surface area contributed by atoms with Crippen molar-refractivity contribution in [2.24, 2.45) is 0 Å². The topological polar surface area (TPSA) is 115 Å². The molecule has 1 atom stereocenters. The Kier molecular flexibility index (Phi) is 8.37. The number of carbonyl (C=O) groups is 3. The summed E-state index contributed by atoms with van der Waals surface area (Å²) in [6, 6.07) is 10.1. The number of aliphatic hydroxyl groups is 1. The molecule has 1 amide bonds. The van der Waals surface area contributed by atoms with Crippen LogP contribution in [-0.2, 0) is 14.3 Å². The Balaban J connectivity index is 1.94. The molecule has 3 aromatic rings. The highest BCUT2D eigenvalue weighted by Crippen LogP contribution is 2.45. The summed E-state index contributed by atoms with van der Waals surface area (Å²) in [6.07, 6.45) is 1.59. The Hall–Kier alpha value is -4.15. The maximum absolute atomic E-state index is 13.5. The van der Waals surface area contributed by atoms with Gasteiger partial charge in [-0.05, 0) is 55.8 Å². The van der Waals surface area contributed by atoms with Gasteiger partial charge in [0, 0.05) is 10.6 Å². The van der Waals surface area contributed by atoms with Crippen molar-refractivity contribution in [3.63, 3.8) is 0 Å². The van der Waals surface area contributed by atoms with Gasteiger partial charge < -0.3 is 19.3 Å². The van der Waals surface area contributed by atoms with E-state index in [0.29, 0.717) is 39.9 Å². The summed E-state index contributed by atoms with van der Waals surface area (Å²) in [5.41, 5.74) is 0.927. The molecule has 11 heteroatoms. The zero-order chi connectivity index (χ0) is 28.3. The number of hydrogen-bond acceptors (Lipinski definition) is 9. The summed E-state index contributed by atoms with van der Waals surface area (Å²) >= 11 is 6.92. The number of rotatable bonds is 9. The van der Waals surface area contributed by atoms with Gasteiger partial charge in [0.1, 0.15) is 17.2 Å². The number of esters is 1. The molecule has 202 valence electrons. The molecule has 0 spiro atoms. The molecule has 2 aromatic carbocycles. The number of ketones is 1. The van der Waals surface area contributed by atoms with Crippen molar-refractivity contribution >= 4 is 51.5 Å². The molecule has 1 fully saturated rings. The summed E-state index contributed by atoms with van der Waals surface area (Å²) in [7, 11) is 1.24. The molecule has 1 aliphatic heterocycles. The summed E-state index contributed by atoms with van der Waals surface area (Å²) in [5, 5.41) is 11.8. The van der Waals surface area contributed by atoms with Gasteiger partial charge in [-0.1, -0.05) is 41.7 Å². The first-order chi connectivity index (χ1) is 18.7. The van der Waals surface area contributed by atoms with E-state index in [1.807, 2.05) is 6.92 Å². The number of amides is 1. The number of aryl methyl sites for hydroxylation is 1. The third-order valence-corrected chi connectivity index (χ3v) is 7.25. The molecular weight excluding hydrogens is 544 g/mol. The quantitative estimate of drug-likeness (QED) is 0.119. The van der Waals surface area contributed by atoms with Crippen molar-refractivity contribution in [1.82, 2.24) is 4.98 Å². The zero-order valence-electron chi connectivity index (χ0n) is 21.4. The Morgan fingerprint density at radius 2 is 1.90 bits per heavy atom. The second-order valence-corrected chi connectivity index (χ2v) is 9.73. The van der Waals surface area contributed by atoms with Crippen LogP contribution in [-0.4, -0.2) is 48.1 Å². The molecule has 1 saturated heterocycles. The predicted molar refractivity (Wildman–Crippen MR) is 148 cm³/mol. The monoisotopic (exact) mass is 568 g/mol. The van der Waals surface area contributed by atoms with Crippen molar-refractivity contribution in [3.05, 3.63) is 87.4 Å². The van der Waals surface area contributed by atoms with Gasteiger partial charge in [0.2, 0.25) is 0 Å². The van der Waals surface area contributed by atoms with Gasteiger partial charge in [0.15, 0.2) is 16.6 Å². The number of nitrogens with zero attached hydrogens (tertiary/aromatic N) is 2. The van der Waals surface area contributed by atoms with Gasteiger partial charge in [0.25, 0.3) is 5.78 Å². The van der Waals surface area contributed by atoms with Crippen molar-refractivity contribution in [2.75, 3.05) is 25.2 Å². The number of ether oxygens (including phenoxy) is 3. The molecule has 39 heavy (non-hydrogen) atoms. The van der Waals surface area contributed by atoms with Crippen molar-refractivity contribution in [3.8, 4) is 11.5 Å². The van der Waals surface area contributed by atoms with E-state index in [4.69, 9.17) is 25.8 Å². The van der Waals surface area contributed by atoms with E-state index in [0.717, 1.165) is 11.3 Å². The number of aliphatic hydroxyl groups excluding tert-OH is 1. The lowest BCUT2D eigenvalue weighted by molar-refractivity contribution is -0.132. The summed E-state index contributed by atoms with van der Waals surface area (Å²) in [6.45, 7) is 7.63. The zero-order valence-corrected chi connectivity index (χ0v) is 23.0. The first-order valence-electron chi connectivity index (χ1n) is 11.8. The minimum Gasteiger partial charge on any atom is -0.507 e. The first-order valence-corrected chi connectivity index (χ1v) is 13.0. The number of methoxy groups -OCH3 is 1. The highest BCUT2D eigenvalue weighted by molar-refractivity contribution is 7.17. The molecule has 4 rings (SSSR count). The molecule has 2 heterocycles. The maximum Gasteiger partial charge on any atom is 0.350 e. The van der Waals surface area contributed by atoms with Crippen LogP contribution in [0, 0.1) is 6.92 Å². The van der Waals surface area contributed by atoms with Crippen LogP contribution >= 0.6 is 22.9 Å². The lowest BCUT2D eigenvalue weighted by Crippen LogP contribution is -2.29. The molecule has 1 aliphatic rings. The summed E-state index contributed by atoms with van der Waals surface area (Å²) in [5.74, 6) is -2.01. The third-order valence-electron chi connectivity index (χ3n) is 5.86. The molecule has 1 unspecified atom stereocenters. The average molecular weight is 569 g/mol. The smallest absolute Gasteiger partial charge is 0.350 e. The minimum absolute atomic E-state index is 0.0973. The van der Waals surface area contributed by atoms with Gasteiger partial charge in [-0.15, -0.1) is 0 Å². The van der Waals surface area contributed by atoms with E-state index in [1.54, 1.807) is 55.5 Å². The van der Waals surface area contributed by atoms with Gasteiger partial charge >= 0.3 is 11.9 Å². The van der Waals surface area contributed by atoms with Crippen LogP contribution in [0.15, 0.2) is 60.7 Å². The van der Waals surface area contributed by atoms with Crippen molar-refractivity contribution in [2.45, 2.75) is 19.9 Å². The number of carbonyl (C=O) groups excluding carboxylic acids is 3. The number of aromatic nitrogens is 1. The number of halogens is 1. The van der Waals surface area contributed by atoms with Crippen LogP contribution in [0.2, 0.25) is 5.02 Å². The molecule has 1 aromatic heterocycles. The maximum atomic E-state index is 13.5. The Bertz CT molecular complexity index is 1480. The number of benzene rings is 2. The Morgan fingerprint density at radius 3 is 2.54 bits per heavy atom. The van der Waals surface area contributed by atoms with Crippen LogP contribution in [0.25, 0.3) is 5.76 Å². The van der Waals surface area contributed by atoms with E-state index in [-0.39, 0.29) is 27.9 Å². The SMILES string of the molecule is C=CCOc1ccc(C2C(=C(O)c3ccc(Cl)cc3)C(=O)C(=O)N2c2nc(C)c(C(=O)OC)s2)cc1OCC. The molecule has 9 nitrogen and oxygen atoms in total. The minimum atomic E-state index is -1.09. The van der Waals surface area contributed by atoms with E-state index in [1.165, 1.54) is 12.0 Å². The molecule has 1 N–H and O–H groups in total. The van der Waals surface area contributed by atoms with Crippen LogP contribution in [0.5, 0.6) is 11.5 Å². The molecule has 0 saturated carbocycles. The fourth-order valence-electron chi connectivity index (χ4n) is 4.11. The highest BCUT2D eigenvalue weighted by atomic mass is 35.5. The van der Waals surface area contributed by atoms with Gasteiger partial charge in [0.05, 0.1) is 31.0 Å². The second-order valence-electron chi connectivity index (χ2n) is 8.32. The van der Waals surface area contributed by atoms with Crippen LogP contribution < -0.4 is 14.4 Å². The summed E-state index contributed by atoms with van der Waals surface area (Å²) < 4.78 is 16.3. The average Bonchev–Trinajstić information content (AvgIpc) is 3.44. The number of thiazole rings is 1. The third kappa shape index (κ3) is 5.39. The van der Waals surface area contributed by atoms with Crippen LogP contribution in [0.3, 0.4) is 0 Å². The normalized spacial score (nSPS) is 16.3.